The van der Waals surface area contributed by atoms with Crippen molar-refractivity contribution >= 4 is 17.3 Å². The second-order valence-corrected chi connectivity index (χ2v) is 6.64. The minimum atomic E-state index is -4.43. The van der Waals surface area contributed by atoms with Crippen LogP contribution in [-0.4, -0.2) is 36.7 Å². The molecule has 146 valence electrons. The predicted octanol–water partition coefficient (Wildman–Crippen LogP) is 3.06. The molecule has 0 saturated heterocycles. The van der Waals surface area contributed by atoms with Crippen molar-refractivity contribution in [3.8, 4) is 11.5 Å². The van der Waals surface area contributed by atoms with E-state index < -0.39 is 11.9 Å². The first kappa shape index (κ1) is 19.3. The number of hydrogen-bond donors (Lipinski definition) is 2. The predicted molar refractivity (Wildman–Crippen MR) is 96.3 cm³/mol. The summed E-state index contributed by atoms with van der Waals surface area (Å²) in [5.74, 6) is 1.86. The molecule has 6 nitrogen and oxygen atoms in total. The number of thiazole rings is 1. The molecule has 0 bridgehead atoms. The Hall–Kier alpha value is -2.49. The van der Waals surface area contributed by atoms with Crippen LogP contribution in [0.1, 0.15) is 17.6 Å². The molecule has 0 fully saturated rings. The minimum absolute atomic E-state index is 0.0565. The Labute approximate surface area is 158 Å². The van der Waals surface area contributed by atoms with E-state index in [1.165, 1.54) is 0 Å². The average Bonchev–Trinajstić information content (AvgIpc) is 3.13. The van der Waals surface area contributed by atoms with E-state index in [9.17, 15) is 13.2 Å². The lowest BCUT2D eigenvalue weighted by molar-refractivity contribution is -0.140. The number of fused-ring (bicyclic) bond motifs is 1. The Morgan fingerprint density at radius 1 is 1.30 bits per heavy atom. The summed E-state index contributed by atoms with van der Waals surface area (Å²) in [5, 5.41) is 7.46. The van der Waals surface area contributed by atoms with Gasteiger partial charge in [0.15, 0.2) is 23.2 Å². The topological polar surface area (TPSA) is 67.8 Å². The number of rotatable bonds is 5. The summed E-state index contributed by atoms with van der Waals surface area (Å²) >= 11 is 0.936. The van der Waals surface area contributed by atoms with E-state index in [2.05, 4.69) is 20.6 Å². The van der Waals surface area contributed by atoms with Gasteiger partial charge in [-0.1, -0.05) is 12.1 Å². The Kier molecular flexibility index (Phi) is 6.04. The van der Waals surface area contributed by atoms with Gasteiger partial charge in [-0.05, 0) is 19.1 Å². The van der Waals surface area contributed by atoms with Crippen molar-refractivity contribution in [1.82, 2.24) is 15.6 Å². The van der Waals surface area contributed by atoms with Gasteiger partial charge in [0.25, 0.3) is 0 Å². The molecule has 27 heavy (non-hydrogen) atoms. The van der Waals surface area contributed by atoms with Gasteiger partial charge in [-0.25, -0.2) is 9.98 Å². The number of nitrogens with zero attached hydrogens (tertiary/aromatic N) is 2. The van der Waals surface area contributed by atoms with Gasteiger partial charge >= 0.3 is 6.18 Å². The van der Waals surface area contributed by atoms with Crippen LogP contribution in [-0.2, 0) is 12.7 Å². The Morgan fingerprint density at radius 3 is 2.78 bits per heavy atom. The molecule has 1 aromatic heterocycles. The lowest BCUT2D eigenvalue weighted by Crippen LogP contribution is -2.45. The number of guanidine groups is 1. The molecule has 2 N–H and O–H groups in total. The smallest absolute Gasteiger partial charge is 0.434 e. The first-order valence-electron chi connectivity index (χ1n) is 8.38. The maximum atomic E-state index is 12.6. The van der Waals surface area contributed by atoms with Crippen molar-refractivity contribution in [2.45, 2.75) is 25.7 Å². The van der Waals surface area contributed by atoms with Gasteiger partial charge in [0.05, 0.1) is 13.1 Å². The standard InChI is InChI=1S/C17H19F3N4O2S/c1-2-21-16(23-8-15-24-14(10-27-15)17(18,19)20)22-7-11-9-25-12-5-3-4-6-13(12)26-11/h3-6,10-11H,2,7-9H2,1H3,(H2,21,22,23). The Morgan fingerprint density at radius 2 is 2.07 bits per heavy atom. The maximum absolute atomic E-state index is 12.6. The first-order valence-corrected chi connectivity index (χ1v) is 9.26. The highest BCUT2D eigenvalue weighted by Crippen LogP contribution is 2.31. The second kappa shape index (κ2) is 8.47. The largest absolute Gasteiger partial charge is 0.486 e. The molecule has 10 heteroatoms. The molecule has 1 unspecified atom stereocenters. The van der Waals surface area contributed by atoms with Gasteiger partial charge in [-0.2, -0.15) is 13.2 Å². The highest BCUT2D eigenvalue weighted by atomic mass is 32.1. The average molecular weight is 400 g/mol. The fourth-order valence-corrected chi connectivity index (χ4v) is 3.10. The van der Waals surface area contributed by atoms with E-state index in [0.717, 1.165) is 16.7 Å². The minimum Gasteiger partial charge on any atom is -0.486 e. The summed E-state index contributed by atoms with van der Waals surface area (Å²) in [6.45, 7) is 3.40. The van der Waals surface area contributed by atoms with E-state index in [1.807, 2.05) is 31.2 Å². The van der Waals surface area contributed by atoms with Gasteiger partial charge in [-0.15, -0.1) is 11.3 Å². The van der Waals surface area contributed by atoms with Crippen molar-refractivity contribution in [3.05, 3.63) is 40.3 Å². The summed E-state index contributed by atoms with van der Waals surface area (Å²) in [6, 6.07) is 7.42. The van der Waals surface area contributed by atoms with Crippen molar-refractivity contribution in [1.29, 1.82) is 0 Å². The second-order valence-electron chi connectivity index (χ2n) is 5.70. The fourth-order valence-electron chi connectivity index (χ4n) is 2.38. The summed E-state index contributed by atoms with van der Waals surface area (Å²) in [5.41, 5.74) is -0.887. The number of aromatic nitrogens is 1. The zero-order chi connectivity index (χ0) is 19.3. The van der Waals surface area contributed by atoms with Gasteiger partial charge in [0, 0.05) is 11.9 Å². The lowest BCUT2D eigenvalue weighted by atomic mass is 10.2. The number of benzene rings is 1. The van der Waals surface area contributed by atoms with Crippen LogP contribution in [0.2, 0.25) is 0 Å². The van der Waals surface area contributed by atoms with Crippen molar-refractivity contribution in [3.63, 3.8) is 0 Å². The number of halogens is 3. The molecule has 0 radical (unpaired) electrons. The van der Waals surface area contributed by atoms with Crippen LogP contribution in [0, 0.1) is 0 Å². The quantitative estimate of drug-likeness (QED) is 0.597. The van der Waals surface area contributed by atoms with Gasteiger partial charge in [0.1, 0.15) is 17.7 Å². The van der Waals surface area contributed by atoms with Crippen molar-refractivity contribution in [2.24, 2.45) is 4.99 Å². The molecule has 1 aromatic carbocycles. The SMILES string of the molecule is CCNC(=NCc1nc(C(F)(F)F)cs1)NCC1COc2ccccc2O1. The molecule has 0 saturated carbocycles. The highest BCUT2D eigenvalue weighted by molar-refractivity contribution is 7.09. The number of alkyl halides is 3. The third kappa shape index (κ3) is 5.25. The number of hydrogen-bond acceptors (Lipinski definition) is 5. The summed E-state index contributed by atoms with van der Waals surface area (Å²) < 4.78 is 49.3. The van der Waals surface area contributed by atoms with Gasteiger partial charge < -0.3 is 20.1 Å². The monoisotopic (exact) mass is 400 g/mol. The number of ether oxygens (including phenoxy) is 2. The molecule has 2 heterocycles. The number of nitrogens with one attached hydrogen (secondary N) is 2. The van der Waals surface area contributed by atoms with E-state index in [0.29, 0.717) is 42.2 Å². The molecule has 1 aliphatic rings. The Bertz CT molecular complexity index is 794. The van der Waals surface area contributed by atoms with Crippen LogP contribution in [0.15, 0.2) is 34.6 Å². The molecule has 0 amide bonds. The number of aliphatic imine (C=N–C) groups is 1. The highest BCUT2D eigenvalue weighted by Gasteiger charge is 2.33. The summed E-state index contributed by atoms with van der Waals surface area (Å²) in [4.78, 5) is 7.86. The van der Waals surface area contributed by atoms with Crippen molar-refractivity contribution < 1.29 is 22.6 Å². The molecule has 1 aliphatic heterocycles. The maximum Gasteiger partial charge on any atom is 0.434 e. The van der Waals surface area contributed by atoms with Crippen LogP contribution in [0.5, 0.6) is 11.5 Å². The van der Waals surface area contributed by atoms with E-state index in [1.54, 1.807) is 0 Å². The molecule has 0 spiro atoms. The normalized spacial score (nSPS) is 16.9. The van der Waals surface area contributed by atoms with Gasteiger partial charge in [-0.3, -0.25) is 0 Å². The molecule has 3 rings (SSSR count). The fraction of sp³-hybridized carbons (Fsp3) is 0.412. The molecular formula is C17H19F3N4O2S. The van der Waals surface area contributed by atoms with E-state index in [4.69, 9.17) is 9.47 Å². The van der Waals surface area contributed by atoms with Crippen LogP contribution in [0.25, 0.3) is 0 Å². The van der Waals surface area contributed by atoms with Crippen LogP contribution < -0.4 is 20.1 Å². The van der Waals surface area contributed by atoms with Crippen LogP contribution in [0.3, 0.4) is 0 Å². The summed E-state index contributed by atoms with van der Waals surface area (Å²) in [7, 11) is 0. The number of para-hydroxylation sites is 2. The van der Waals surface area contributed by atoms with Crippen LogP contribution in [0.4, 0.5) is 13.2 Å². The first-order chi connectivity index (χ1) is 13.0. The van der Waals surface area contributed by atoms with Crippen LogP contribution >= 0.6 is 11.3 Å². The third-order valence-electron chi connectivity index (χ3n) is 3.62. The van der Waals surface area contributed by atoms with Crippen molar-refractivity contribution in [2.75, 3.05) is 19.7 Å². The molecule has 2 aromatic rings. The lowest BCUT2D eigenvalue weighted by Gasteiger charge is -2.27. The van der Waals surface area contributed by atoms with Gasteiger partial charge in [0.2, 0.25) is 0 Å². The van der Waals surface area contributed by atoms with E-state index in [-0.39, 0.29) is 12.6 Å². The molecular weight excluding hydrogens is 381 g/mol. The summed E-state index contributed by atoms with van der Waals surface area (Å²) in [6.07, 6.45) is -4.64. The third-order valence-corrected chi connectivity index (χ3v) is 4.46. The van der Waals surface area contributed by atoms with E-state index >= 15 is 0 Å². The Balaban J connectivity index is 1.56. The zero-order valence-electron chi connectivity index (χ0n) is 14.5. The zero-order valence-corrected chi connectivity index (χ0v) is 15.4. The molecule has 1 atom stereocenters. The molecule has 0 aliphatic carbocycles.